The summed E-state index contributed by atoms with van der Waals surface area (Å²) in [6, 6.07) is 0. The first-order valence-corrected chi connectivity index (χ1v) is 5.97. The van der Waals surface area contributed by atoms with Crippen molar-refractivity contribution in [2.45, 2.75) is 13.8 Å². The highest BCUT2D eigenvalue weighted by atomic mass is 31.2. The first kappa shape index (κ1) is 8.49. The Morgan fingerprint density at radius 3 is 1.75 bits per heavy atom. The van der Waals surface area contributed by atoms with E-state index in [9.17, 15) is 0 Å². The minimum Gasteiger partial charge on any atom is -0.0594 e. The zero-order valence-corrected chi connectivity index (χ0v) is 7.20. The minimum absolute atomic E-state index is 0.767. The van der Waals surface area contributed by atoms with Gasteiger partial charge in [-0.15, -0.1) is 0 Å². The van der Waals surface area contributed by atoms with Crippen molar-refractivity contribution < 1.29 is 0 Å². The molecule has 0 aliphatic rings. The van der Waals surface area contributed by atoms with Crippen molar-refractivity contribution in [1.29, 1.82) is 0 Å². The largest absolute Gasteiger partial charge is 0.364 e. The minimum atomic E-state index is -0.972. The van der Waals surface area contributed by atoms with Gasteiger partial charge >= 0.3 is 7.57 Å². The van der Waals surface area contributed by atoms with E-state index >= 15 is 0 Å². The molecule has 0 atom stereocenters. The molecular formula is C6H15BP+. The maximum atomic E-state index is 5.85. The predicted octanol–water partition coefficient (Wildman–Crippen LogP) is 2.00. The zero-order chi connectivity index (χ0) is 6.78. The lowest BCUT2D eigenvalue weighted by atomic mass is 10.3. The van der Waals surface area contributed by atoms with E-state index in [0.29, 0.717) is 0 Å². The van der Waals surface area contributed by atoms with Crippen LogP contribution in [0.4, 0.5) is 0 Å². The summed E-state index contributed by atoms with van der Waals surface area (Å²) in [5, 5.41) is 0. The summed E-state index contributed by atoms with van der Waals surface area (Å²) in [6.07, 6.45) is 1.22. The van der Waals surface area contributed by atoms with E-state index < -0.39 is 7.14 Å². The molecule has 0 N–H and O–H groups in total. The second-order valence-corrected chi connectivity index (χ2v) is 7.28. The van der Waals surface area contributed by atoms with Gasteiger partial charge in [0.25, 0.3) is 0 Å². The van der Waals surface area contributed by atoms with Gasteiger partial charge in [0, 0.05) is 19.5 Å². The van der Waals surface area contributed by atoms with Crippen LogP contribution < -0.4 is 0 Å². The molecule has 0 spiro atoms. The van der Waals surface area contributed by atoms with E-state index in [4.69, 9.17) is 7.57 Å². The lowest BCUT2D eigenvalue weighted by Gasteiger charge is -2.13. The second-order valence-electron chi connectivity index (χ2n) is 3.36. The highest BCUT2D eigenvalue weighted by Gasteiger charge is 2.18. The zero-order valence-electron chi connectivity index (χ0n) is 6.31. The molecule has 0 amide bonds. The van der Waals surface area contributed by atoms with Gasteiger partial charge in [-0.05, 0) is 13.1 Å². The van der Waals surface area contributed by atoms with Crippen LogP contribution in [0, 0.1) is 5.92 Å². The van der Waals surface area contributed by atoms with E-state index in [0.717, 1.165) is 5.92 Å². The summed E-state index contributed by atoms with van der Waals surface area (Å²) in [7, 11) is 4.88. The van der Waals surface area contributed by atoms with E-state index in [1.807, 2.05) is 0 Å². The van der Waals surface area contributed by atoms with Crippen LogP contribution in [0.3, 0.4) is 0 Å². The second kappa shape index (κ2) is 2.87. The van der Waals surface area contributed by atoms with Gasteiger partial charge in [-0.25, -0.2) is 0 Å². The van der Waals surface area contributed by atoms with Gasteiger partial charge in [-0.3, -0.25) is 0 Å². The third-order valence-electron chi connectivity index (χ3n) is 0.836. The molecule has 0 nitrogen and oxygen atoms in total. The van der Waals surface area contributed by atoms with E-state index in [-0.39, 0.29) is 0 Å². The molecule has 0 aromatic rings. The Kier molecular flexibility index (Phi) is 3.05. The molecule has 0 aromatic heterocycles. The quantitative estimate of drug-likeness (QED) is 0.395. The average Bonchev–Trinajstić information content (AvgIpc) is 1.21. The molecular weight excluding hydrogens is 114 g/mol. The van der Waals surface area contributed by atoms with Gasteiger partial charge in [0.15, 0.2) is 0 Å². The summed E-state index contributed by atoms with van der Waals surface area (Å²) in [6.45, 7) is 8.78. The molecule has 0 rings (SSSR count). The average molecular weight is 129 g/mol. The Morgan fingerprint density at radius 2 is 1.75 bits per heavy atom. The fourth-order valence-corrected chi connectivity index (χ4v) is 2.82. The number of rotatable bonds is 2. The van der Waals surface area contributed by atoms with Crippen LogP contribution >= 0.6 is 7.14 Å². The topological polar surface area (TPSA) is 0 Å². The Balaban J connectivity index is 3.39. The van der Waals surface area contributed by atoms with Gasteiger partial charge in [-0.2, -0.15) is 0 Å². The number of hydrogen-bond donors (Lipinski definition) is 0. The van der Waals surface area contributed by atoms with Gasteiger partial charge in [0.2, 0.25) is 0 Å². The van der Waals surface area contributed by atoms with Crippen molar-refractivity contribution >= 4 is 14.7 Å². The molecule has 0 heterocycles. The Bertz CT molecular complexity index is 63.4. The Hall–Kier alpha value is 0.495. The third kappa shape index (κ3) is 6.49. The van der Waals surface area contributed by atoms with Gasteiger partial charge < -0.3 is 0 Å². The SMILES string of the molecule is [B][P+](C)(C)CC(C)C. The highest BCUT2D eigenvalue weighted by Crippen LogP contribution is 2.46. The van der Waals surface area contributed by atoms with Crippen LogP contribution in [0.1, 0.15) is 13.8 Å². The maximum absolute atomic E-state index is 5.85. The summed E-state index contributed by atoms with van der Waals surface area (Å²) >= 11 is 0. The predicted molar refractivity (Wildman–Crippen MR) is 44.2 cm³/mol. The van der Waals surface area contributed by atoms with Gasteiger partial charge in [0.05, 0.1) is 0 Å². The van der Waals surface area contributed by atoms with E-state index in [1.54, 1.807) is 0 Å². The monoisotopic (exact) mass is 129 g/mol. The summed E-state index contributed by atoms with van der Waals surface area (Å²) < 4.78 is 0. The molecule has 0 unspecified atom stereocenters. The molecule has 0 saturated heterocycles. The van der Waals surface area contributed by atoms with Crippen LogP contribution in [0.5, 0.6) is 0 Å². The molecule has 0 aromatic carbocycles. The molecule has 0 aliphatic carbocycles. The molecule has 0 saturated carbocycles. The summed E-state index contributed by atoms with van der Waals surface area (Å²) in [5.41, 5.74) is 0. The maximum Gasteiger partial charge on any atom is 0.364 e. The van der Waals surface area contributed by atoms with Crippen molar-refractivity contribution in [3.05, 3.63) is 0 Å². The molecule has 8 heavy (non-hydrogen) atoms. The Morgan fingerprint density at radius 1 is 1.38 bits per heavy atom. The smallest absolute Gasteiger partial charge is 0.0594 e. The lowest BCUT2D eigenvalue weighted by Crippen LogP contribution is -2.00. The van der Waals surface area contributed by atoms with Crippen LogP contribution in [0.25, 0.3) is 0 Å². The first-order chi connectivity index (χ1) is 3.42. The summed E-state index contributed by atoms with van der Waals surface area (Å²) in [5.74, 6) is 0.767. The Labute approximate surface area is 54.8 Å². The van der Waals surface area contributed by atoms with Crippen LogP contribution in [0.2, 0.25) is 0 Å². The van der Waals surface area contributed by atoms with E-state index in [2.05, 4.69) is 27.2 Å². The van der Waals surface area contributed by atoms with Gasteiger partial charge in [-0.1, -0.05) is 13.8 Å². The van der Waals surface area contributed by atoms with Crippen LogP contribution in [-0.2, 0) is 0 Å². The molecule has 2 heteroatoms. The van der Waals surface area contributed by atoms with Crippen molar-refractivity contribution in [2.75, 3.05) is 19.5 Å². The molecule has 0 aliphatic heterocycles. The molecule has 0 fully saturated rings. The van der Waals surface area contributed by atoms with Crippen molar-refractivity contribution in [3.63, 3.8) is 0 Å². The fourth-order valence-electron chi connectivity index (χ4n) is 0.941. The lowest BCUT2D eigenvalue weighted by molar-refractivity contribution is 0.745. The van der Waals surface area contributed by atoms with Crippen molar-refractivity contribution in [2.24, 2.45) is 5.92 Å². The highest BCUT2D eigenvalue weighted by molar-refractivity contribution is 7.96. The van der Waals surface area contributed by atoms with E-state index in [1.165, 1.54) is 6.16 Å². The van der Waals surface area contributed by atoms with Crippen molar-refractivity contribution in [1.82, 2.24) is 0 Å². The number of hydrogen-bond acceptors (Lipinski definition) is 0. The molecule has 2 radical (unpaired) electrons. The normalized spacial score (nSPS) is 12.6. The van der Waals surface area contributed by atoms with Crippen molar-refractivity contribution in [3.8, 4) is 0 Å². The fraction of sp³-hybridized carbons (Fsp3) is 1.00. The third-order valence-corrected chi connectivity index (χ3v) is 2.51. The van der Waals surface area contributed by atoms with Gasteiger partial charge in [0.1, 0.15) is 0 Å². The molecule has 46 valence electrons. The molecule has 0 bridgehead atoms. The van der Waals surface area contributed by atoms with Crippen LogP contribution in [-0.4, -0.2) is 27.1 Å². The standard InChI is InChI=1S/C6H15BP/c1-6(2)5-8(3,4)7/h6H,5H2,1-4H3/q+1. The first-order valence-electron chi connectivity index (χ1n) is 3.03. The summed E-state index contributed by atoms with van der Waals surface area (Å²) in [4.78, 5) is 0. The van der Waals surface area contributed by atoms with Crippen LogP contribution in [0.15, 0.2) is 0 Å².